The van der Waals surface area contributed by atoms with Crippen LogP contribution >= 0.6 is 0 Å². The van der Waals surface area contributed by atoms with E-state index in [-0.39, 0.29) is 11.9 Å². The van der Waals surface area contributed by atoms with Crippen LogP contribution in [0.2, 0.25) is 0 Å². The van der Waals surface area contributed by atoms with Crippen LogP contribution in [0.5, 0.6) is 0 Å². The first-order chi connectivity index (χ1) is 13.1. The molecule has 0 saturated carbocycles. The van der Waals surface area contributed by atoms with Gasteiger partial charge in [0.05, 0.1) is 11.3 Å². The molecular formula is C22H24N4O. The smallest absolute Gasteiger partial charge is 0.257 e. The first-order valence-corrected chi connectivity index (χ1v) is 9.53. The van der Waals surface area contributed by atoms with Gasteiger partial charge in [-0.2, -0.15) is 0 Å². The minimum Gasteiger partial charge on any atom is -0.354 e. The number of benzene rings is 1. The molecule has 2 aromatic heterocycles. The van der Waals surface area contributed by atoms with Crippen molar-refractivity contribution in [1.29, 1.82) is 0 Å². The van der Waals surface area contributed by atoms with E-state index in [1.165, 1.54) is 6.42 Å². The molecule has 0 unspecified atom stereocenters. The molecule has 1 aliphatic heterocycles. The van der Waals surface area contributed by atoms with Crippen LogP contribution in [0.1, 0.15) is 42.2 Å². The minimum atomic E-state index is 0.0376. The number of aryl methyl sites for hydroxylation is 1. The summed E-state index contributed by atoms with van der Waals surface area (Å²) in [4.78, 5) is 24.4. The summed E-state index contributed by atoms with van der Waals surface area (Å²) < 4.78 is 0. The van der Waals surface area contributed by atoms with Crippen molar-refractivity contribution in [3.63, 3.8) is 0 Å². The van der Waals surface area contributed by atoms with E-state index >= 15 is 0 Å². The Bertz CT molecular complexity index is 971. The van der Waals surface area contributed by atoms with Gasteiger partial charge in [-0.05, 0) is 57.4 Å². The zero-order chi connectivity index (χ0) is 18.8. The topological polar surface area (TPSA) is 58.1 Å². The van der Waals surface area contributed by atoms with Gasteiger partial charge < -0.3 is 10.2 Å². The Kier molecular flexibility index (Phi) is 4.75. The fraction of sp³-hybridized carbons (Fsp3) is 0.318. The molecule has 1 aromatic carbocycles. The van der Waals surface area contributed by atoms with Crippen LogP contribution in [0.4, 0.5) is 11.4 Å². The SMILES string of the molecule is Cc1ccc2c(Nc3ccccc3)c(C(=O)N3CCCC[C@H]3C)cnc2n1. The summed E-state index contributed by atoms with van der Waals surface area (Å²) in [7, 11) is 0. The summed E-state index contributed by atoms with van der Waals surface area (Å²) in [5.74, 6) is 0.0376. The fourth-order valence-electron chi connectivity index (χ4n) is 3.69. The summed E-state index contributed by atoms with van der Waals surface area (Å²) in [6, 6.07) is 14.1. The lowest BCUT2D eigenvalue weighted by atomic mass is 10.0. The number of hydrogen-bond acceptors (Lipinski definition) is 4. The second-order valence-electron chi connectivity index (χ2n) is 7.21. The predicted octanol–water partition coefficient (Wildman–Crippen LogP) is 4.70. The Labute approximate surface area is 159 Å². The van der Waals surface area contributed by atoms with Crippen molar-refractivity contribution in [2.75, 3.05) is 11.9 Å². The lowest BCUT2D eigenvalue weighted by Crippen LogP contribution is -2.42. The van der Waals surface area contributed by atoms with Crippen molar-refractivity contribution in [3.8, 4) is 0 Å². The monoisotopic (exact) mass is 360 g/mol. The van der Waals surface area contributed by atoms with Crippen molar-refractivity contribution >= 4 is 28.3 Å². The highest BCUT2D eigenvalue weighted by atomic mass is 16.2. The number of pyridine rings is 2. The maximum Gasteiger partial charge on any atom is 0.257 e. The fourth-order valence-corrected chi connectivity index (χ4v) is 3.69. The summed E-state index contributed by atoms with van der Waals surface area (Å²) in [6.07, 6.45) is 4.96. The van der Waals surface area contributed by atoms with Gasteiger partial charge in [0, 0.05) is 35.6 Å². The summed E-state index contributed by atoms with van der Waals surface area (Å²) in [6.45, 7) is 4.87. The van der Waals surface area contributed by atoms with Gasteiger partial charge in [0.2, 0.25) is 0 Å². The molecule has 138 valence electrons. The van der Waals surface area contributed by atoms with Gasteiger partial charge in [-0.15, -0.1) is 0 Å². The van der Waals surface area contributed by atoms with Crippen LogP contribution in [0, 0.1) is 6.92 Å². The Morgan fingerprint density at radius 1 is 1.15 bits per heavy atom. The molecule has 1 atom stereocenters. The number of piperidine rings is 1. The molecule has 27 heavy (non-hydrogen) atoms. The Hall–Kier alpha value is -2.95. The minimum absolute atomic E-state index is 0.0376. The van der Waals surface area contributed by atoms with Gasteiger partial charge >= 0.3 is 0 Å². The molecule has 3 heterocycles. The molecule has 1 aliphatic rings. The molecule has 0 aliphatic carbocycles. The number of amides is 1. The number of aromatic nitrogens is 2. The van der Waals surface area contributed by atoms with E-state index in [9.17, 15) is 4.79 Å². The van der Waals surface area contributed by atoms with Crippen LogP contribution < -0.4 is 5.32 Å². The average molecular weight is 360 g/mol. The maximum absolute atomic E-state index is 13.4. The second-order valence-corrected chi connectivity index (χ2v) is 7.21. The molecule has 0 spiro atoms. The van der Waals surface area contributed by atoms with Crippen molar-refractivity contribution in [3.05, 3.63) is 59.9 Å². The van der Waals surface area contributed by atoms with E-state index in [4.69, 9.17) is 0 Å². The quantitative estimate of drug-likeness (QED) is 0.736. The van der Waals surface area contributed by atoms with E-state index in [0.717, 1.165) is 41.8 Å². The van der Waals surface area contributed by atoms with Gasteiger partial charge in [-0.25, -0.2) is 9.97 Å². The highest BCUT2D eigenvalue weighted by molar-refractivity contribution is 6.07. The number of nitrogens with zero attached hydrogens (tertiary/aromatic N) is 3. The lowest BCUT2D eigenvalue weighted by molar-refractivity contribution is 0.0636. The zero-order valence-corrected chi connectivity index (χ0v) is 15.8. The van der Waals surface area contributed by atoms with E-state index in [1.807, 2.05) is 54.3 Å². The van der Waals surface area contributed by atoms with E-state index < -0.39 is 0 Å². The average Bonchev–Trinajstić information content (AvgIpc) is 2.68. The highest BCUT2D eigenvalue weighted by Gasteiger charge is 2.27. The molecule has 4 rings (SSSR count). The third kappa shape index (κ3) is 3.50. The third-order valence-corrected chi connectivity index (χ3v) is 5.21. The number of nitrogens with one attached hydrogen (secondary N) is 1. The van der Waals surface area contributed by atoms with Crippen LogP contribution in [0.3, 0.4) is 0 Å². The molecule has 0 radical (unpaired) electrons. The summed E-state index contributed by atoms with van der Waals surface area (Å²) in [5, 5.41) is 4.30. The Morgan fingerprint density at radius 2 is 1.96 bits per heavy atom. The lowest BCUT2D eigenvalue weighted by Gasteiger charge is -2.34. The summed E-state index contributed by atoms with van der Waals surface area (Å²) in [5.41, 5.74) is 3.87. The Morgan fingerprint density at radius 3 is 2.74 bits per heavy atom. The van der Waals surface area contributed by atoms with E-state index in [1.54, 1.807) is 6.20 Å². The third-order valence-electron chi connectivity index (χ3n) is 5.21. The van der Waals surface area contributed by atoms with Gasteiger partial charge in [-0.1, -0.05) is 18.2 Å². The second kappa shape index (κ2) is 7.35. The molecule has 1 amide bonds. The van der Waals surface area contributed by atoms with Crippen molar-refractivity contribution in [1.82, 2.24) is 14.9 Å². The molecular weight excluding hydrogens is 336 g/mol. The normalized spacial score (nSPS) is 17.1. The molecule has 1 N–H and O–H groups in total. The number of hydrogen-bond donors (Lipinski definition) is 1. The first-order valence-electron chi connectivity index (χ1n) is 9.53. The number of rotatable bonds is 3. The molecule has 1 fully saturated rings. The van der Waals surface area contributed by atoms with Crippen LogP contribution in [-0.2, 0) is 0 Å². The standard InChI is InChI=1S/C22H24N4O/c1-15-11-12-18-20(25-17-9-4-3-5-10-17)19(14-23-21(18)24-15)22(27)26-13-7-6-8-16(26)2/h3-5,9-12,14,16H,6-8,13H2,1-2H3,(H,23,24,25)/t16-/m1/s1. The number of carbonyl (C=O) groups is 1. The van der Waals surface area contributed by atoms with Crippen molar-refractivity contribution < 1.29 is 4.79 Å². The number of fused-ring (bicyclic) bond motifs is 1. The van der Waals surface area contributed by atoms with E-state index in [0.29, 0.717) is 11.2 Å². The van der Waals surface area contributed by atoms with Crippen LogP contribution in [0.25, 0.3) is 11.0 Å². The largest absolute Gasteiger partial charge is 0.354 e. The predicted molar refractivity (Wildman–Crippen MR) is 108 cm³/mol. The number of para-hydroxylation sites is 1. The highest BCUT2D eigenvalue weighted by Crippen LogP contribution is 2.31. The van der Waals surface area contributed by atoms with Gasteiger partial charge in [0.1, 0.15) is 0 Å². The first kappa shape index (κ1) is 17.5. The Balaban J connectivity index is 1.82. The van der Waals surface area contributed by atoms with Crippen LogP contribution in [-0.4, -0.2) is 33.4 Å². The van der Waals surface area contributed by atoms with Gasteiger partial charge in [0.15, 0.2) is 5.65 Å². The molecule has 0 bridgehead atoms. The van der Waals surface area contributed by atoms with E-state index in [2.05, 4.69) is 22.2 Å². The summed E-state index contributed by atoms with van der Waals surface area (Å²) >= 11 is 0. The molecule has 5 heteroatoms. The number of carbonyl (C=O) groups excluding carboxylic acids is 1. The number of anilines is 2. The van der Waals surface area contributed by atoms with Crippen molar-refractivity contribution in [2.24, 2.45) is 0 Å². The number of likely N-dealkylation sites (tertiary alicyclic amines) is 1. The van der Waals surface area contributed by atoms with Gasteiger partial charge in [0.25, 0.3) is 5.91 Å². The molecule has 1 saturated heterocycles. The van der Waals surface area contributed by atoms with Crippen LogP contribution in [0.15, 0.2) is 48.7 Å². The maximum atomic E-state index is 13.4. The van der Waals surface area contributed by atoms with Gasteiger partial charge in [-0.3, -0.25) is 4.79 Å². The molecule has 5 nitrogen and oxygen atoms in total. The molecule has 3 aromatic rings. The zero-order valence-electron chi connectivity index (χ0n) is 15.8. The van der Waals surface area contributed by atoms with Crippen molar-refractivity contribution in [2.45, 2.75) is 39.2 Å².